The van der Waals surface area contributed by atoms with Crippen LogP contribution in [0.3, 0.4) is 0 Å². The van der Waals surface area contributed by atoms with E-state index in [2.05, 4.69) is 18.3 Å². The molecule has 1 aliphatic carbocycles. The molecule has 2 rings (SSSR count). The second-order valence-corrected chi connectivity index (χ2v) is 5.94. The van der Waals surface area contributed by atoms with Crippen molar-refractivity contribution < 1.29 is 4.79 Å². The first-order chi connectivity index (χ1) is 8.88. The fourth-order valence-electron chi connectivity index (χ4n) is 3.07. The van der Waals surface area contributed by atoms with Crippen LogP contribution in [0, 0.1) is 43.4 Å². The number of amides is 1. The fraction of sp³-hybridized carbons (Fsp3) is 0.500. The average molecular weight is 256 g/mol. The van der Waals surface area contributed by atoms with Gasteiger partial charge in [0.2, 0.25) is 5.91 Å². The molecule has 100 valence electrons. The first-order valence-corrected chi connectivity index (χ1v) is 6.68. The second-order valence-electron chi connectivity index (χ2n) is 5.94. The topological polar surface area (TPSA) is 52.9 Å². The number of rotatable bonds is 2. The van der Waals surface area contributed by atoms with E-state index in [-0.39, 0.29) is 5.91 Å². The van der Waals surface area contributed by atoms with Crippen LogP contribution < -0.4 is 5.32 Å². The molecule has 1 amide bonds. The van der Waals surface area contributed by atoms with Crippen molar-refractivity contribution in [3.63, 3.8) is 0 Å². The third-order valence-corrected chi connectivity index (χ3v) is 3.96. The molecule has 1 N–H and O–H groups in total. The summed E-state index contributed by atoms with van der Waals surface area (Å²) in [6.45, 7) is 8.08. The standard InChI is InChI=1S/C16H20N2O/c1-10-5-12(3)14(13(4)6-10)18-15(19)16(9-17)7-11(2)8-16/h5-6,11H,7-8H2,1-4H3,(H,18,19). The molecule has 1 aliphatic rings. The summed E-state index contributed by atoms with van der Waals surface area (Å²) in [5.41, 5.74) is 3.31. The van der Waals surface area contributed by atoms with E-state index in [1.165, 1.54) is 5.56 Å². The molecular formula is C16H20N2O. The van der Waals surface area contributed by atoms with Gasteiger partial charge in [-0.15, -0.1) is 0 Å². The van der Waals surface area contributed by atoms with Crippen LogP contribution in [0.5, 0.6) is 0 Å². The molecular weight excluding hydrogens is 236 g/mol. The number of hydrogen-bond acceptors (Lipinski definition) is 2. The molecule has 1 aromatic carbocycles. The monoisotopic (exact) mass is 256 g/mol. The summed E-state index contributed by atoms with van der Waals surface area (Å²) in [7, 11) is 0. The lowest BCUT2D eigenvalue weighted by atomic mass is 9.63. The highest BCUT2D eigenvalue weighted by atomic mass is 16.2. The van der Waals surface area contributed by atoms with Crippen molar-refractivity contribution >= 4 is 11.6 Å². The van der Waals surface area contributed by atoms with Gasteiger partial charge in [-0.1, -0.05) is 24.6 Å². The molecule has 19 heavy (non-hydrogen) atoms. The van der Waals surface area contributed by atoms with Crippen LogP contribution in [0.25, 0.3) is 0 Å². The van der Waals surface area contributed by atoms with Gasteiger partial charge in [-0.3, -0.25) is 4.79 Å². The van der Waals surface area contributed by atoms with E-state index in [0.29, 0.717) is 18.8 Å². The lowest BCUT2D eigenvalue weighted by Crippen LogP contribution is -2.45. The Morgan fingerprint density at radius 1 is 1.32 bits per heavy atom. The molecule has 0 radical (unpaired) electrons. The first kappa shape index (κ1) is 13.6. The maximum Gasteiger partial charge on any atom is 0.244 e. The molecule has 0 saturated heterocycles. The van der Waals surface area contributed by atoms with Gasteiger partial charge in [0.05, 0.1) is 6.07 Å². The van der Waals surface area contributed by atoms with Crippen LogP contribution in [0.15, 0.2) is 12.1 Å². The van der Waals surface area contributed by atoms with Gasteiger partial charge < -0.3 is 5.32 Å². The minimum atomic E-state index is -0.816. The van der Waals surface area contributed by atoms with E-state index in [1.807, 2.05) is 32.9 Å². The number of carbonyl (C=O) groups excluding carboxylic acids is 1. The molecule has 3 heteroatoms. The zero-order valence-electron chi connectivity index (χ0n) is 12.0. The second kappa shape index (κ2) is 4.70. The maximum atomic E-state index is 12.3. The van der Waals surface area contributed by atoms with Crippen molar-refractivity contribution in [1.82, 2.24) is 0 Å². The quantitative estimate of drug-likeness (QED) is 0.880. The molecule has 0 bridgehead atoms. The van der Waals surface area contributed by atoms with Gasteiger partial charge in [0, 0.05) is 5.69 Å². The van der Waals surface area contributed by atoms with Gasteiger partial charge in [0.1, 0.15) is 5.41 Å². The molecule has 0 aromatic heterocycles. The summed E-state index contributed by atoms with van der Waals surface area (Å²) in [5.74, 6) is 0.314. The molecule has 0 spiro atoms. The number of anilines is 1. The van der Waals surface area contributed by atoms with Crippen molar-refractivity contribution in [2.75, 3.05) is 5.32 Å². The predicted octanol–water partition coefficient (Wildman–Crippen LogP) is 3.49. The minimum absolute atomic E-state index is 0.150. The summed E-state index contributed by atoms with van der Waals surface area (Å²) in [6.07, 6.45) is 1.33. The van der Waals surface area contributed by atoms with Gasteiger partial charge in [0.15, 0.2) is 0 Å². The molecule has 1 saturated carbocycles. The Morgan fingerprint density at radius 3 is 2.26 bits per heavy atom. The lowest BCUT2D eigenvalue weighted by Gasteiger charge is -2.39. The molecule has 0 unspecified atom stereocenters. The molecule has 0 heterocycles. The first-order valence-electron chi connectivity index (χ1n) is 6.68. The number of hydrogen-bond donors (Lipinski definition) is 1. The van der Waals surface area contributed by atoms with Crippen molar-refractivity contribution in [2.24, 2.45) is 11.3 Å². The molecule has 0 aliphatic heterocycles. The van der Waals surface area contributed by atoms with Crippen molar-refractivity contribution in [3.05, 3.63) is 28.8 Å². The fourth-order valence-corrected chi connectivity index (χ4v) is 3.07. The highest BCUT2D eigenvalue weighted by Gasteiger charge is 2.49. The van der Waals surface area contributed by atoms with Crippen LogP contribution in [0.4, 0.5) is 5.69 Å². The normalized spacial score (nSPS) is 25.3. The zero-order valence-corrected chi connectivity index (χ0v) is 12.0. The summed E-state index contributed by atoms with van der Waals surface area (Å²) in [4.78, 5) is 12.3. The Morgan fingerprint density at radius 2 is 1.84 bits per heavy atom. The number of aryl methyl sites for hydroxylation is 3. The third kappa shape index (κ3) is 2.35. The third-order valence-electron chi connectivity index (χ3n) is 3.96. The van der Waals surface area contributed by atoms with E-state index >= 15 is 0 Å². The Hall–Kier alpha value is -1.82. The predicted molar refractivity (Wildman–Crippen MR) is 75.7 cm³/mol. The van der Waals surface area contributed by atoms with E-state index in [1.54, 1.807) is 0 Å². The Bertz CT molecular complexity index is 540. The van der Waals surface area contributed by atoms with Gasteiger partial charge >= 0.3 is 0 Å². The van der Waals surface area contributed by atoms with Gasteiger partial charge in [-0.05, 0) is 50.7 Å². The Kier molecular flexibility index (Phi) is 3.36. The van der Waals surface area contributed by atoms with Crippen molar-refractivity contribution in [1.29, 1.82) is 5.26 Å². The minimum Gasteiger partial charge on any atom is -0.324 e. The number of carbonyl (C=O) groups is 1. The summed E-state index contributed by atoms with van der Waals surface area (Å²) >= 11 is 0. The number of nitrogens with zero attached hydrogens (tertiary/aromatic N) is 1. The summed E-state index contributed by atoms with van der Waals surface area (Å²) < 4.78 is 0. The largest absolute Gasteiger partial charge is 0.324 e. The number of nitrogens with one attached hydrogen (secondary N) is 1. The SMILES string of the molecule is Cc1cc(C)c(NC(=O)C2(C#N)CC(C)C2)c(C)c1. The summed E-state index contributed by atoms with van der Waals surface area (Å²) in [6, 6.07) is 6.30. The van der Waals surface area contributed by atoms with Crippen molar-refractivity contribution in [2.45, 2.75) is 40.5 Å². The highest BCUT2D eigenvalue weighted by molar-refractivity contribution is 5.99. The van der Waals surface area contributed by atoms with Crippen LogP contribution in [0.1, 0.15) is 36.5 Å². The van der Waals surface area contributed by atoms with E-state index in [9.17, 15) is 10.1 Å². The molecule has 0 atom stereocenters. The Balaban J connectivity index is 2.23. The maximum absolute atomic E-state index is 12.3. The number of benzene rings is 1. The zero-order chi connectivity index (χ0) is 14.2. The average Bonchev–Trinajstić information content (AvgIpc) is 2.29. The molecule has 1 aromatic rings. The highest BCUT2D eigenvalue weighted by Crippen LogP contribution is 2.45. The van der Waals surface area contributed by atoms with E-state index in [4.69, 9.17) is 0 Å². The van der Waals surface area contributed by atoms with E-state index in [0.717, 1.165) is 16.8 Å². The van der Waals surface area contributed by atoms with E-state index < -0.39 is 5.41 Å². The van der Waals surface area contributed by atoms with Crippen LogP contribution in [-0.4, -0.2) is 5.91 Å². The molecule has 3 nitrogen and oxygen atoms in total. The lowest BCUT2D eigenvalue weighted by molar-refractivity contribution is -0.128. The van der Waals surface area contributed by atoms with Gasteiger partial charge in [-0.25, -0.2) is 0 Å². The molecule has 1 fully saturated rings. The van der Waals surface area contributed by atoms with Crippen LogP contribution >= 0.6 is 0 Å². The smallest absolute Gasteiger partial charge is 0.244 e. The van der Waals surface area contributed by atoms with Gasteiger partial charge in [-0.2, -0.15) is 5.26 Å². The van der Waals surface area contributed by atoms with Crippen LogP contribution in [0.2, 0.25) is 0 Å². The number of nitriles is 1. The Labute approximate surface area is 114 Å². The van der Waals surface area contributed by atoms with Crippen molar-refractivity contribution in [3.8, 4) is 6.07 Å². The summed E-state index contributed by atoms with van der Waals surface area (Å²) in [5, 5.41) is 12.2. The van der Waals surface area contributed by atoms with Crippen LogP contribution in [-0.2, 0) is 4.79 Å². The van der Waals surface area contributed by atoms with Gasteiger partial charge in [0.25, 0.3) is 0 Å².